The topological polar surface area (TPSA) is 446 Å². The lowest BCUT2D eigenvalue weighted by molar-refractivity contribution is -0.158. The molecule has 0 bridgehead atoms. The third kappa shape index (κ3) is 12.4. The van der Waals surface area contributed by atoms with E-state index >= 15 is 0 Å². The Morgan fingerprint density at radius 2 is 0.930 bits per heavy atom. The Morgan fingerprint density at radius 3 is 1.31 bits per heavy atom. The lowest BCUT2D eigenvalue weighted by Gasteiger charge is -2.22. The number of phosphoric acid groups is 4. The van der Waals surface area contributed by atoms with Crippen LogP contribution in [0.1, 0.15) is 23.6 Å². The maximum Gasteiger partial charge on any atom is 0.490 e. The van der Waals surface area contributed by atoms with E-state index in [2.05, 4.69) is 42.8 Å². The number of hydrogen-bond acceptors (Lipinski definition) is 25. The van der Waals surface area contributed by atoms with Crippen molar-refractivity contribution >= 4 is 77.2 Å². The van der Waals surface area contributed by atoms with Crippen LogP contribution in [0.15, 0.2) is 86.0 Å². The quantitative estimate of drug-likeness (QED) is 0.0392. The van der Waals surface area contributed by atoms with Crippen molar-refractivity contribution in [1.82, 2.24) is 39.0 Å². The summed E-state index contributed by atoms with van der Waals surface area (Å²) >= 11 is 0. The Bertz CT molecular complexity index is 2900. The number of carbonyl (C=O) groups excluding carboxylic acids is 2. The van der Waals surface area contributed by atoms with Crippen LogP contribution in [0, 0.1) is 0 Å². The number of carbonyl (C=O) groups is 2. The third-order valence-electron chi connectivity index (χ3n) is 10.3. The Morgan fingerprint density at radius 1 is 0.563 bits per heavy atom. The van der Waals surface area contributed by atoms with Gasteiger partial charge in [-0.2, -0.15) is 12.9 Å². The second-order valence-corrected chi connectivity index (χ2v) is 21.4. The summed E-state index contributed by atoms with van der Waals surface area (Å²) in [6.07, 6.45) is -9.21. The van der Waals surface area contributed by atoms with Gasteiger partial charge in [-0.15, -0.1) is 0 Å². The van der Waals surface area contributed by atoms with Crippen LogP contribution >= 0.6 is 31.3 Å². The van der Waals surface area contributed by atoms with Crippen molar-refractivity contribution in [3.63, 3.8) is 0 Å². The number of esters is 2. The summed E-state index contributed by atoms with van der Waals surface area (Å²) in [4.78, 5) is 91.3. The number of phosphoric ester groups is 2. The van der Waals surface area contributed by atoms with E-state index in [1.54, 1.807) is 60.7 Å². The molecule has 31 nitrogen and oxygen atoms in total. The van der Waals surface area contributed by atoms with E-state index < -0.39 is 106 Å². The number of benzene rings is 2. The smallest absolute Gasteiger partial charge is 0.454 e. The zero-order valence-electron chi connectivity index (χ0n) is 35.9. The molecule has 0 aliphatic carbocycles. The minimum atomic E-state index is -6.32. The summed E-state index contributed by atoms with van der Waals surface area (Å²) in [5.41, 5.74) is 13.2. The summed E-state index contributed by atoms with van der Waals surface area (Å²) in [6, 6.07) is 16.7. The number of rotatable bonds is 20. The molecule has 8 rings (SSSR count). The van der Waals surface area contributed by atoms with E-state index in [1.165, 1.54) is 21.8 Å². The summed E-state index contributed by atoms with van der Waals surface area (Å²) < 4.78 is 98.2. The SMILES string of the molecule is Nc1ncnc2c1ncn2[C@@H]1O[C@H](COP(=O)(O)OP(=O)(O)OP(=O)(O)OP(=O)(O)OC[C@H]2O[C@H](n3cnc4c(N)ncnc43)[C@@H](OC(=O)Cc3ccccc3)[C@H]2O)[C@@H](O)[C@H]1OC(=O)Cc1ccccc1. The largest absolute Gasteiger partial charge is 0.490 e. The number of aliphatic hydroxyl groups is 2. The molecule has 6 heterocycles. The van der Waals surface area contributed by atoms with Gasteiger partial charge in [-0.3, -0.25) is 27.8 Å². The first-order valence-electron chi connectivity index (χ1n) is 20.3. The molecule has 4 aromatic heterocycles. The highest BCUT2D eigenvalue weighted by Gasteiger charge is 2.52. The zero-order chi connectivity index (χ0) is 50.9. The molecule has 71 heavy (non-hydrogen) atoms. The van der Waals surface area contributed by atoms with Crippen molar-refractivity contribution < 1.29 is 98.6 Å². The maximum absolute atomic E-state index is 13.0. The molecule has 12 atom stereocenters. The highest BCUT2D eigenvalue weighted by molar-refractivity contribution is 7.69. The van der Waals surface area contributed by atoms with Crippen LogP contribution in [-0.4, -0.2) is 131 Å². The van der Waals surface area contributed by atoms with Gasteiger partial charge in [0.2, 0.25) is 0 Å². The zero-order valence-corrected chi connectivity index (χ0v) is 39.4. The fourth-order valence-electron chi connectivity index (χ4n) is 7.24. The lowest BCUT2D eigenvalue weighted by atomic mass is 10.1. The molecule has 0 saturated carbocycles. The van der Waals surface area contributed by atoms with Crippen molar-refractivity contribution in [2.75, 3.05) is 24.7 Å². The van der Waals surface area contributed by atoms with E-state index in [1.807, 2.05) is 0 Å². The summed E-state index contributed by atoms with van der Waals surface area (Å²) in [5, 5.41) is 22.5. The fourth-order valence-corrected chi connectivity index (χ4v) is 12.2. The Kier molecular flexibility index (Phi) is 15.3. The second kappa shape index (κ2) is 20.9. The van der Waals surface area contributed by atoms with Crippen LogP contribution in [0.5, 0.6) is 0 Å². The van der Waals surface area contributed by atoms with Gasteiger partial charge < -0.3 is 60.2 Å². The number of aliphatic hydroxyl groups excluding tert-OH is 2. The van der Waals surface area contributed by atoms with Gasteiger partial charge in [-0.1, -0.05) is 60.7 Å². The minimum Gasteiger partial charge on any atom is -0.454 e. The van der Waals surface area contributed by atoms with E-state index in [0.717, 1.165) is 12.7 Å². The van der Waals surface area contributed by atoms with E-state index in [4.69, 9.17) is 39.5 Å². The number of nitrogens with two attached hydrogens (primary N) is 2. The van der Waals surface area contributed by atoms with Crippen LogP contribution in [-0.2, 0) is 81.6 Å². The number of anilines is 2. The molecule has 4 unspecified atom stereocenters. The van der Waals surface area contributed by atoms with Gasteiger partial charge >= 0.3 is 43.2 Å². The van der Waals surface area contributed by atoms with E-state index in [0.29, 0.717) is 11.1 Å². The number of imidazole rings is 2. The van der Waals surface area contributed by atoms with Gasteiger partial charge in [0, 0.05) is 0 Å². The van der Waals surface area contributed by atoms with Gasteiger partial charge in [0.15, 0.2) is 47.6 Å². The van der Waals surface area contributed by atoms with Gasteiger partial charge in [0.1, 0.15) is 48.1 Å². The molecule has 2 aliphatic heterocycles. The van der Waals surface area contributed by atoms with Crippen molar-refractivity contribution in [3.8, 4) is 0 Å². The Labute approximate surface area is 397 Å². The van der Waals surface area contributed by atoms with Crippen molar-refractivity contribution in [2.24, 2.45) is 0 Å². The molecular weight excluding hydrogens is 1030 g/mol. The third-order valence-corrected chi connectivity index (χ3v) is 16.2. The van der Waals surface area contributed by atoms with Gasteiger partial charge in [-0.05, 0) is 11.1 Å². The normalized spacial score (nSPS) is 25.8. The van der Waals surface area contributed by atoms with Crippen LogP contribution in [0.2, 0.25) is 0 Å². The predicted octanol–water partition coefficient (Wildman–Crippen LogP) is 1.14. The average Bonchev–Trinajstić information content (AvgIpc) is 4.06. The van der Waals surface area contributed by atoms with Crippen LogP contribution in [0.4, 0.5) is 11.6 Å². The van der Waals surface area contributed by atoms with Gasteiger partial charge in [0.05, 0.1) is 38.7 Å². The van der Waals surface area contributed by atoms with Crippen LogP contribution in [0.25, 0.3) is 22.3 Å². The first-order chi connectivity index (χ1) is 33.6. The predicted molar refractivity (Wildman–Crippen MR) is 234 cm³/mol. The molecule has 2 fully saturated rings. The molecule has 0 radical (unpaired) electrons. The number of fused-ring (bicyclic) bond motifs is 2. The monoisotopic (exact) mass is 1070 g/mol. The average molecular weight is 1070 g/mol. The molecule has 0 spiro atoms. The molecular formula is C36H40N10O21P4. The summed E-state index contributed by atoms with van der Waals surface area (Å²) in [5.74, 6) is -1.78. The first kappa shape index (κ1) is 51.8. The molecule has 35 heteroatoms. The molecule has 2 saturated heterocycles. The van der Waals surface area contributed by atoms with Gasteiger partial charge in [0.25, 0.3) is 0 Å². The lowest BCUT2D eigenvalue weighted by Crippen LogP contribution is -2.37. The van der Waals surface area contributed by atoms with Gasteiger partial charge in [-0.25, -0.2) is 48.2 Å². The minimum absolute atomic E-state index is 0.0452. The second-order valence-electron chi connectivity index (χ2n) is 15.2. The number of ether oxygens (including phenoxy) is 4. The van der Waals surface area contributed by atoms with Crippen molar-refractivity contribution in [3.05, 3.63) is 97.1 Å². The highest BCUT2D eigenvalue weighted by atomic mass is 31.3. The highest BCUT2D eigenvalue weighted by Crippen LogP contribution is 2.71. The Balaban J connectivity index is 0.889. The van der Waals surface area contributed by atoms with Crippen molar-refractivity contribution in [2.45, 2.75) is 61.9 Å². The number of nitrogen functional groups attached to an aromatic ring is 2. The molecule has 0 amide bonds. The fraction of sp³-hybridized carbons (Fsp3) is 0.333. The molecule has 10 N–H and O–H groups in total. The standard InChI is InChI=1S/C36H40N10O21P4/c37-31-25-33(41-15-39-31)45(17-43-25)35-29(63-23(47)11-19-7-3-1-4-8-19)27(49)21(61-35)13-59-68(51,52)65-70(55,56)67-71(57,58)66-69(53,54)60-14-22-28(50)30(64-24(48)12-20-9-5-2-6-10-20)36(62-22)46-18-44-26-32(38)40-16-42-34(26)46/h1-10,15-18,21-22,27-30,35-36,49-50H,11-14H2,(H,51,52)(H,53,54)(H,55,56)(H,57,58)(H2,37,39,41)(H2,38,40,42)/t21-,22-,27-,28+,29-,30+,35-,36+/m1/s1. The van der Waals surface area contributed by atoms with Crippen molar-refractivity contribution in [1.29, 1.82) is 0 Å². The number of nitrogens with zero attached hydrogens (tertiary/aromatic N) is 8. The number of hydrogen-bond donors (Lipinski definition) is 8. The molecule has 2 aromatic carbocycles. The molecule has 6 aromatic rings. The van der Waals surface area contributed by atoms with Crippen LogP contribution < -0.4 is 11.5 Å². The van der Waals surface area contributed by atoms with E-state index in [-0.39, 0.29) is 46.8 Å². The molecule has 380 valence electrons. The maximum atomic E-state index is 13.0. The van der Waals surface area contributed by atoms with E-state index in [9.17, 15) is 57.6 Å². The summed E-state index contributed by atoms with van der Waals surface area (Å²) in [7, 11) is -24.5. The first-order valence-corrected chi connectivity index (χ1v) is 26.3. The van der Waals surface area contributed by atoms with Crippen LogP contribution in [0.3, 0.4) is 0 Å². The molecule has 2 aliphatic rings. The summed E-state index contributed by atoms with van der Waals surface area (Å²) in [6.45, 7) is -2.34. The Hall–Kier alpha value is -5.52. The number of aromatic nitrogens is 8.